The molecule has 1 amide bonds. The number of benzene rings is 1. The molecule has 0 bridgehead atoms. The molecule has 0 N–H and O–H groups in total. The van der Waals surface area contributed by atoms with Crippen molar-refractivity contribution in [2.75, 3.05) is 19.7 Å². The lowest BCUT2D eigenvalue weighted by Crippen LogP contribution is -2.44. The first-order valence-corrected chi connectivity index (χ1v) is 10.2. The summed E-state index contributed by atoms with van der Waals surface area (Å²) in [4.78, 5) is 38.8. The van der Waals surface area contributed by atoms with Crippen LogP contribution in [0.25, 0.3) is 5.69 Å². The van der Waals surface area contributed by atoms with Gasteiger partial charge in [0.05, 0.1) is 11.3 Å². The van der Waals surface area contributed by atoms with Crippen LogP contribution in [-0.2, 0) is 15.7 Å². The molecule has 7 nitrogen and oxygen atoms in total. The highest BCUT2D eigenvalue weighted by Crippen LogP contribution is 2.30. The van der Waals surface area contributed by atoms with E-state index in [0.29, 0.717) is 24.9 Å². The van der Waals surface area contributed by atoms with Crippen LogP contribution in [0.2, 0.25) is 0 Å². The smallest absolute Gasteiger partial charge is 0.416 e. The van der Waals surface area contributed by atoms with Crippen molar-refractivity contribution in [3.63, 3.8) is 0 Å². The maximum atomic E-state index is 13.0. The summed E-state index contributed by atoms with van der Waals surface area (Å²) >= 11 is 0. The molecule has 2 unspecified atom stereocenters. The number of hydrogen-bond donors (Lipinski definition) is 0. The summed E-state index contributed by atoms with van der Waals surface area (Å²) < 4.78 is 45.2. The first-order valence-electron chi connectivity index (χ1n) is 10.2. The van der Waals surface area contributed by atoms with Gasteiger partial charge in [-0.05, 0) is 43.4 Å². The van der Waals surface area contributed by atoms with E-state index in [2.05, 4.69) is 5.10 Å². The average molecular weight is 451 g/mol. The number of alkyl halides is 3. The van der Waals surface area contributed by atoms with Crippen LogP contribution in [0.3, 0.4) is 0 Å². The molecule has 2 heterocycles. The Morgan fingerprint density at radius 1 is 1.16 bits per heavy atom. The van der Waals surface area contributed by atoms with Crippen molar-refractivity contribution >= 4 is 11.9 Å². The van der Waals surface area contributed by atoms with E-state index in [4.69, 9.17) is 4.74 Å². The molecule has 1 saturated heterocycles. The maximum Gasteiger partial charge on any atom is 0.416 e. The lowest BCUT2D eigenvalue weighted by molar-refractivity contribution is -0.138. The summed E-state index contributed by atoms with van der Waals surface area (Å²) in [5.41, 5.74) is -1.99. The number of aromatic nitrogens is 2. The molecule has 32 heavy (non-hydrogen) atoms. The molecular formula is C22H24F3N3O4. The predicted molar refractivity (Wildman–Crippen MR) is 109 cm³/mol. The van der Waals surface area contributed by atoms with Crippen molar-refractivity contribution in [2.45, 2.75) is 33.4 Å². The molecule has 3 rings (SSSR count). The zero-order chi connectivity index (χ0) is 23.6. The van der Waals surface area contributed by atoms with Crippen LogP contribution < -0.4 is 5.43 Å². The summed E-state index contributed by atoms with van der Waals surface area (Å²) in [6.45, 7) is 6.13. The summed E-state index contributed by atoms with van der Waals surface area (Å²) in [5.74, 6) is -0.821. The molecule has 1 aliphatic rings. The third-order valence-corrected chi connectivity index (χ3v) is 5.27. The summed E-state index contributed by atoms with van der Waals surface area (Å²) in [5, 5.41) is 3.92. The van der Waals surface area contributed by atoms with E-state index in [9.17, 15) is 27.6 Å². The van der Waals surface area contributed by atoms with Gasteiger partial charge in [0.15, 0.2) is 6.61 Å². The molecule has 172 valence electrons. The largest absolute Gasteiger partial charge is 0.451 e. The van der Waals surface area contributed by atoms with E-state index in [-0.39, 0.29) is 17.3 Å². The number of halogens is 3. The van der Waals surface area contributed by atoms with Gasteiger partial charge in [-0.15, -0.1) is 0 Å². The number of esters is 1. The van der Waals surface area contributed by atoms with Crippen molar-refractivity contribution in [1.82, 2.24) is 14.7 Å². The molecule has 0 spiro atoms. The quantitative estimate of drug-likeness (QED) is 0.667. The summed E-state index contributed by atoms with van der Waals surface area (Å²) in [7, 11) is 0. The van der Waals surface area contributed by atoms with Gasteiger partial charge < -0.3 is 9.64 Å². The second-order valence-corrected chi connectivity index (χ2v) is 8.28. The molecule has 10 heteroatoms. The molecule has 1 aliphatic heterocycles. The molecular weight excluding hydrogens is 427 g/mol. The van der Waals surface area contributed by atoms with E-state index in [1.165, 1.54) is 19.1 Å². The normalized spacial score (nSPS) is 19.0. The molecule has 1 fully saturated rings. The molecule has 1 aromatic heterocycles. The summed E-state index contributed by atoms with van der Waals surface area (Å²) in [6, 6.07) is 5.43. The minimum absolute atomic E-state index is 0.0266. The Balaban J connectivity index is 1.79. The number of rotatable bonds is 4. The number of hydrogen-bond acceptors (Lipinski definition) is 5. The number of likely N-dealkylation sites (tertiary alicyclic amines) is 1. The maximum absolute atomic E-state index is 13.0. The highest BCUT2D eigenvalue weighted by atomic mass is 19.4. The second-order valence-electron chi connectivity index (χ2n) is 8.28. The zero-order valence-electron chi connectivity index (χ0n) is 18.0. The Kier molecular flexibility index (Phi) is 6.71. The Morgan fingerprint density at radius 3 is 2.44 bits per heavy atom. The minimum Gasteiger partial charge on any atom is -0.451 e. The molecule has 1 aromatic carbocycles. The van der Waals surface area contributed by atoms with Crippen molar-refractivity contribution < 1.29 is 27.5 Å². The first kappa shape index (κ1) is 23.5. The Morgan fingerprint density at radius 2 is 1.81 bits per heavy atom. The molecule has 2 aromatic rings. The van der Waals surface area contributed by atoms with Gasteiger partial charge in [-0.2, -0.15) is 18.3 Å². The standard InChI is InChI=1S/C22H24F3N3O4/c1-13-7-14(2)11-27(10-13)19(30)12-32-21(31)20-18(29)8-15(3)28(26-20)17-6-4-5-16(9-17)22(23,24)25/h4-6,8-9,13-14H,7,10-12H2,1-3H3. The van der Waals surface area contributed by atoms with Crippen LogP contribution in [0.4, 0.5) is 13.2 Å². The molecule has 0 radical (unpaired) electrons. The van der Waals surface area contributed by atoms with Gasteiger partial charge in [0.2, 0.25) is 11.1 Å². The third-order valence-electron chi connectivity index (χ3n) is 5.27. The van der Waals surface area contributed by atoms with E-state index in [1.54, 1.807) is 4.90 Å². The number of nitrogens with zero attached hydrogens (tertiary/aromatic N) is 3. The van der Waals surface area contributed by atoms with Gasteiger partial charge in [0.1, 0.15) is 0 Å². The topological polar surface area (TPSA) is 81.5 Å². The molecule has 2 atom stereocenters. The summed E-state index contributed by atoms with van der Waals surface area (Å²) in [6.07, 6.45) is -3.56. The van der Waals surface area contributed by atoms with E-state index in [0.717, 1.165) is 29.3 Å². The van der Waals surface area contributed by atoms with Crippen LogP contribution in [0.1, 0.15) is 42.0 Å². The van der Waals surface area contributed by atoms with Crippen LogP contribution in [-0.4, -0.2) is 46.3 Å². The number of carbonyl (C=O) groups is 2. The lowest BCUT2D eigenvalue weighted by atomic mass is 9.92. The number of aryl methyl sites for hydroxylation is 1. The fourth-order valence-corrected chi connectivity index (χ4v) is 3.92. The third kappa shape index (κ3) is 5.35. The van der Waals surface area contributed by atoms with E-state index < -0.39 is 35.4 Å². The Bertz CT molecular complexity index is 1070. The average Bonchev–Trinajstić information content (AvgIpc) is 2.70. The van der Waals surface area contributed by atoms with Gasteiger partial charge in [-0.3, -0.25) is 9.59 Å². The van der Waals surface area contributed by atoms with Crippen LogP contribution >= 0.6 is 0 Å². The fraction of sp³-hybridized carbons (Fsp3) is 0.455. The zero-order valence-corrected chi connectivity index (χ0v) is 18.0. The minimum atomic E-state index is -4.56. The van der Waals surface area contributed by atoms with Gasteiger partial charge in [0, 0.05) is 24.8 Å². The highest BCUT2D eigenvalue weighted by Gasteiger charge is 2.31. The van der Waals surface area contributed by atoms with Crippen molar-refractivity contribution in [3.8, 4) is 5.69 Å². The monoisotopic (exact) mass is 451 g/mol. The van der Waals surface area contributed by atoms with Gasteiger partial charge >= 0.3 is 12.1 Å². The second kappa shape index (κ2) is 9.13. The molecule has 0 aliphatic carbocycles. The van der Waals surface area contributed by atoms with Gasteiger partial charge in [-0.25, -0.2) is 9.48 Å². The van der Waals surface area contributed by atoms with Crippen molar-refractivity contribution in [3.05, 3.63) is 57.5 Å². The van der Waals surface area contributed by atoms with Crippen molar-refractivity contribution in [1.29, 1.82) is 0 Å². The Hall–Kier alpha value is -3.17. The predicted octanol–water partition coefficient (Wildman–Crippen LogP) is 3.22. The highest BCUT2D eigenvalue weighted by molar-refractivity contribution is 5.89. The van der Waals surface area contributed by atoms with Crippen LogP contribution in [0.5, 0.6) is 0 Å². The lowest BCUT2D eigenvalue weighted by Gasteiger charge is -2.34. The van der Waals surface area contributed by atoms with Crippen molar-refractivity contribution in [2.24, 2.45) is 11.8 Å². The number of ether oxygens (including phenoxy) is 1. The van der Waals surface area contributed by atoms with Gasteiger partial charge in [0.25, 0.3) is 5.91 Å². The van der Waals surface area contributed by atoms with Crippen LogP contribution in [0, 0.1) is 18.8 Å². The van der Waals surface area contributed by atoms with E-state index >= 15 is 0 Å². The van der Waals surface area contributed by atoms with Gasteiger partial charge in [-0.1, -0.05) is 19.9 Å². The molecule has 0 saturated carbocycles. The first-order chi connectivity index (χ1) is 15.0. The van der Waals surface area contributed by atoms with Crippen LogP contribution in [0.15, 0.2) is 35.1 Å². The van der Waals surface area contributed by atoms with E-state index in [1.807, 2.05) is 13.8 Å². The number of piperidine rings is 1. The number of amides is 1. The number of carbonyl (C=O) groups excluding carboxylic acids is 2. The Labute approximate surface area is 182 Å². The fourth-order valence-electron chi connectivity index (χ4n) is 3.92. The SMILES string of the molecule is Cc1cc(=O)c(C(=O)OCC(=O)N2CC(C)CC(C)C2)nn1-c1cccc(C(F)(F)F)c1.